The number of carbonyl (C=O) groups is 2. The number of anilines is 2. The zero-order valence-electron chi connectivity index (χ0n) is 15.6. The van der Waals surface area contributed by atoms with E-state index in [-0.39, 0.29) is 23.3 Å². The number of aromatic nitrogens is 3. The van der Waals surface area contributed by atoms with Crippen LogP contribution in [-0.2, 0) is 16.1 Å². The smallest absolute Gasteiger partial charge is 0.322 e. The lowest BCUT2D eigenvalue weighted by molar-refractivity contribution is -0.125. The summed E-state index contributed by atoms with van der Waals surface area (Å²) in [5.41, 5.74) is -0.0151. The molecule has 1 aromatic heterocycles. The van der Waals surface area contributed by atoms with Crippen LogP contribution in [0.4, 0.5) is 11.4 Å². The number of benzene rings is 1. The molecule has 2 amide bonds. The molecule has 0 spiro atoms. The fraction of sp³-hybridized carbons (Fsp3) is 0.444. The number of fused-ring (bicyclic) bond motifs is 1. The van der Waals surface area contributed by atoms with Crippen LogP contribution in [0.1, 0.15) is 33.6 Å². The van der Waals surface area contributed by atoms with Gasteiger partial charge < -0.3 is 5.32 Å². The molecule has 144 valence electrons. The SMILES string of the molecule is CCCCn1c(SCC(=O)N2c3ccccc3NC(=O)C2(C)C)n[nH]c1=O. The molecule has 0 fully saturated rings. The number of rotatable bonds is 6. The number of nitrogens with zero attached hydrogens (tertiary/aromatic N) is 3. The lowest BCUT2D eigenvalue weighted by Crippen LogP contribution is -2.59. The third kappa shape index (κ3) is 3.64. The third-order valence-corrected chi connectivity index (χ3v) is 5.50. The van der Waals surface area contributed by atoms with Crippen LogP contribution in [0.25, 0.3) is 0 Å². The second-order valence-corrected chi connectivity index (χ2v) is 7.81. The number of thioether (sulfide) groups is 1. The lowest BCUT2D eigenvalue weighted by atomic mass is 9.96. The van der Waals surface area contributed by atoms with Gasteiger partial charge >= 0.3 is 5.69 Å². The summed E-state index contributed by atoms with van der Waals surface area (Å²) >= 11 is 1.19. The molecule has 8 nitrogen and oxygen atoms in total. The molecule has 1 aliphatic rings. The number of aromatic amines is 1. The summed E-state index contributed by atoms with van der Waals surface area (Å²) in [6, 6.07) is 7.22. The molecule has 27 heavy (non-hydrogen) atoms. The van der Waals surface area contributed by atoms with Gasteiger partial charge in [0, 0.05) is 6.54 Å². The van der Waals surface area contributed by atoms with Crippen LogP contribution in [0.2, 0.25) is 0 Å². The van der Waals surface area contributed by atoms with E-state index < -0.39 is 5.54 Å². The molecule has 1 aliphatic heterocycles. The largest absolute Gasteiger partial charge is 0.343 e. The molecule has 0 radical (unpaired) electrons. The van der Waals surface area contributed by atoms with Gasteiger partial charge in [-0.15, -0.1) is 5.10 Å². The average molecular weight is 389 g/mol. The zero-order chi connectivity index (χ0) is 19.6. The molecular weight excluding hydrogens is 366 g/mol. The van der Waals surface area contributed by atoms with Crippen molar-refractivity contribution in [2.75, 3.05) is 16.0 Å². The quantitative estimate of drug-likeness (QED) is 0.738. The first-order valence-electron chi connectivity index (χ1n) is 8.87. The van der Waals surface area contributed by atoms with Crippen molar-refractivity contribution < 1.29 is 9.59 Å². The zero-order valence-corrected chi connectivity index (χ0v) is 16.4. The van der Waals surface area contributed by atoms with Gasteiger partial charge in [-0.05, 0) is 32.4 Å². The number of amides is 2. The number of unbranched alkanes of at least 4 members (excludes halogenated alkanes) is 1. The van der Waals surface area contributed by atoms with Gasteiger partial charge in [-0.2, -0.15) is 0 Å². The van der Waals surface area contributed by atoms with Gasteiger partial charge in [0.15, 0.2) is 5.16 Å². The van der Waals surface area contributed by atoms with E-state index in [0.29, 0.717) is 23.1 Å². The number of hydrogen-bond donors (Lipinski definition) is 2. The normalized spacial score (nSPS) is 15.4. The Morgan fingerprint density at radius 3 is 2.74 bits per heavy atom. The minimum Gasteiger partial charge on any atom is -0.322 e. The van der Waals surface area contributed by atoms with Crippen molar-refractivity contribution >= 4 is 35.0 Å². The van der Waals surface area contributed by atoms with Crippen LogP contribution in [-0.4, -0.2) is 37.9 Å². The molecule has 2 heterocycles. The van der Waals surface area contributed by atoms with Gasteiger partial charge in [-0.3, -0.25) is 19.1 Å². The Balaban J connectivity index is 1.82. The van der Waals surface area contributed by atoms with Crippen LogP contribution in [0, 0.1) is 0 Å². The van der Waals surface area contributed by atoms with Gasteiger partial charge in [0.2, 0.25) is 11.8 Å². The van der Waals surface area contributed by atoms with Crippen molar-refractivity contribution in [2.24, 2.45) is 0 Å². The number of nitrogens with one attached hydrogen (secondary N) is 2. The first-order chi connectivity index (χ1) is 12.9. The van der Waals surface area contributed by atoms with Crippen molar-refractivity contribution in [2.45, 2.75) is 50.9 Å². The summed E-state index contributed by atoms with van der Waals surface area (Å²) in [7, 11) is 0. The standard InChI is InChI=1S/C18H23N5O3S/c1-4-5-10-22-16(26)20-21-17(22)27-11-14(24)23-13-9-7-6-8-12(13)19-15(25)18(23,2)3/h6-9H,4-5,10-11H2,1-3H3,(H,19,25)(H,20,26). The monoisotopic (exact) mass is 389 g/mol. The number of carbonyl (C=O) groups excluding carboxylic acids is 2. The summed E-state index contributed by atoms with van der Waals surface area (Å²) in [5.74, 6) is -0.384. The van der Waals surface area contributed by atoms with Crippen molar-refractivity contribution in [1.29, 1.82) is 0 Å². The highest BCUT2D eigenvalue weighted by atomic mass is 32.2. The van der Waals surface area contributed by atoms with E-state index in [4.69, 9.17) is 0 Å². The number of hydrogen-bond acceptors (Lipinski definition) is 5. The molecule has 3 rings (SSSR count). The fourth-order valence-electron chi connectivity index (χ4n) is 3.02. The van der Waals surface area contributed by atoms with Gasteiger partial charge in [-0.1, -0.05) is 37.2 Å². The maximum Gasteiger partial charge on any atom is 0.343 e. The molecule has 0 saturated carbocycles. The maximum atomic E-state index is 13.0. The summed E-state index contributed by atoms with van der Waals surface area (Å²) in [6.45, 7) is 6.03. The van der Waals surface area contributed by atoms with E-state index in [1.165, 1.54) is 16.7 Å². The van der Waals surface area contributed by atoms with Crippen molar-refractivity contribution in [3.8, 4) is 0 Å². The van der Waals surface area contributed by atoms with Crippen LogP contribution in [0.3, 0.4) is 0 Å². The van der Waals surface area contributed by atoms with Crippen molar-refractivity contribution in [3.05, 3.63) is 34.7 Å². The Morgan fingerprint density at radius 2 is 2.00 bits per heavy atom. The highest BCUT2D eigenvalue weighted by molar-refractivity contribution is 7.99. The lowest BCUT2D eigenvalue weighted by Gasteiger charge is -2.42. The molecule has 1 aromatic carbocycles. The van der Waals surface area contributed by atoms with Crippen molar-refractivity contribution in [3.63, 3.8) is 0 Å². The van der Waals surface area contributed by atoms with Crippen LogP contribution < -0.4 is 15.9 Å². The molecule has 0 bridgehead atoms. The van der Waals surface area contributed by atoms with E-state index in [1.54, 1.807) is 24.5 Å². The Labute approximate surface area is 161 Å². The van der Waals surface area contributed by atoms with E-state index in [0.717, 1.165) is 12.8 Å². The number of para-hydroxylation sites is 2. The summed E-state index contributed by atoms with van der Waals surface area (Å²) in [5, 5.41) is 9.78. The van der Waals surface area contributed by atoms with E-state index >= 15 is 0 Å². The van der Waals surface area contributed by atoms with Gasteiger partial charge in [0.25, 0.3) is 0 Å². The van der Waals surface area contributed by atoms with E-state index in [1.807, 2.05) is 25.1 Å². The first-order valence-corrected chi connectivity index (χ1v) is 9.86. The van der Waals surface area contributed by atoms with Crippen LogP contribution in [0.5, 0.6) is 0 Å². The molecule has 0 unspecified atom stereocenters. The minimum absolute atomic E-state index is 0.0709. The average Bonchev–Trinajstić information content (AvgIpc) is 2.98. The molecular formula is C18H23N5O3S. The highest BCUT2D eigenvalue weighted by Gasteiger charge is 2.43. The van der Waals surface area contributed by atoms with E-state index in [2.05, 4.69) is 15.5 Å². The van der Waals surface area contributed by atoms with Crippen LogP contribution in [0.15, 0.2) is 34.2 Å². The highest BCUT2D eigenvalue weighted by Crippen LogP contribution is 2.37. The second kappa shape index (κ2) is 7.59. The van der Waals surface area contributed by atoms with Gasteiger partial charge in [0.1, 0.15) is 5.54 Å². The Hall–Kier alpha value is -2.55. The fourth-order valence-corrected chi connectivity index (χ4v) is 3.84. The first kappa shape index (κ1) is 19.2. The molecule has 0 aliphatic carbocycles. The summed E-state index contributed by atoms with van der Waals surface area (Å²) in [4.78, 5) is 38.9. The molecule has 0 saturated heterocycles. The molecule has 2 aromatic rings. The minimum atomic E-state index is -1.01. The molecule has 2 N–H and O–H groups in total. The topological polar surface area (TPSA) is 100 Å². The Kier molecular flexibility index (Phi) is 5.41. The van der Waals surface area contributed by atoms with Crippen molar-refractivity contribution in [1.82, 2.24) is 14.8 Å². The number of H-pyrrole nitrogens is 1. The van der Waals surface area contributed by atoms with Gasteiger partial charge in [0.05, 0.1) is 17.1 Å². The van der Waals surface area contributed by atoms with E-state index in [9.17, 15) is 14.4 Å². The third-order valence-electron chi connectivity index (χ3n) is 4.54. The molecule has 9 heteroatoms. The summed E-state index contributed by atoms with van der Waals surface area (Å²) in [6.07, 6.45) is 1.81. The predicted molar refractivity (Wildman–Crippen MR) is 105 cm³/mol. The van der Waals surface area contributed by atoms with Gasteiger partial charge in [-0.25, -0.2) is 9.89 Å². The maximum absolute atomic E-state index is 13.0. The predicted octanol–water partition coefficient (Wildman–Crippen LogP) is 2.23. The second-order valence-electron chi connectivity index (χ2n) is 6.86. The Bertz CT molecular complexity index is 918. The molecule has 0 atom stereocenters. The summed E-state index contributed by atoms with van der Waals surface area (Å²) < 4.78 is 1.55. The van der Waals surface area contributed by atoms with Crippen LogP contribution >= 0.6 is 11.8 Å². The Morgan fingerprint density at radius 1 is 1.26 bits per heavy atom.